The average Bonchev–Trinajstić information content (AvgIpc) is 3.32. The average molecular weight is 486 g/mol. The van der Waals surface area contributed by atoms with Gasteiger partial charge < -0.3 is 25.2 Å². The Morgan fingerprint density at radius 1 is 1.14 bits per heavy atom. The van der Waals surface area contributed by atoms with E-state index in [-0.39, 0.29) is 18.3 Å². The summed E-state index contributed by atoms with van der Waals surface area (Å²) in [6.45, 7) is 6.85. The summed E-state index contributed by atoms with van der Waals surface area (Å²) in [7, 11) is 0. The molecule has 1 unspecified atom stereocenters. The third-order valence-corrected chi connectivity index (χ3v) is 6.13. The van der Waals surface area contributed by atoms with Gasteiger partial charge in [0.05, 0.1) is 6.20 Å². The lowest BCUT2D eigenvalue weighted by atomic mass is 10.1. The number of aromatic nitrogens is 5. The van der Waals surface area contributed by atoms with Crippen molar-refractivity contribution >= 4 is 46.4 Å². The van der Waals surface area contributed by atoms with Gasteiger partial charge in [0.25, 0.3) is 12.4 Å². The number of nitrogens with one attached hydrogen (secondary N) is 2. The van der Waals surface area contributed by atoms with Crippen molar-refractivity contribution in [2.45, 2.75) is 18.9 Å². The van der Waals surface area contributed by atoms with Crippen molar-refractivity contribution in [3.05, 3.63) is 42.4 Å². The van der Waals surface area contributed by atoms with Gasteiger partial charge in [0.15, 0.2) is 23.1 Å². The minimum absolute atomic E-state index is 0.0952. The van der Waals surface area contributed by atoms with Gasteiger partial charge in [-0.15, -0.1) is 26.8 Å². The fraction of sp³-hybridized carbons (Fsp3) is 0.292. The van der Waals surface area contributed by atoms with E-state index in [2.05, 4.69) is 63.0 Å². The summed E-state index contributed by atoms with van der Waals surface area (Å²) in [4.78, 5) is 31.3. The number of ether oxygens (including phenoxy) is 1. The van der Waals surface area contributed by atoms with Crippen LogP contribution in [-0.4, -0.2) is 70.0 Å². The highest BCUT2D eigenvalue weighted by Crippen LogP contribution is 2.35. The van der Waals surface area contributed by atoms with Crippen molar-refractivity contribution in [3.8, 4) is 12.3 Å². The molecule has 3 aromatic rings. The number of carbonyl (C=O) groups excluding carboxylic acids is 2. The largest absolute Gasteiger partial charge is 0.423 e. The van der Waals surface area contributed by atoms with E-state index in [4.69, 9.17) is 6.42 Å². The Labute approximate surface area is 206 Å². The highest BCUT2D eigenvalue weighted by Gasteiger charge is 2.28. The maximum atomic E-state index is 12.3. The van der Waals surface area contributed by atoms with Crippen LogP contribution in [0.5, 0.6) is 0 Å². The monoisotopic (exact) mass is 485 g/mol. The number of hydrogen-bond donors (Lipinski definition) is 2. The third-order valence-electron chi connectivity index (χ3n) is 6.13. The highest BCUT2D eigenvalue weighted by molar-refractivity contribution is 6.06. The fourth-order valence-electron chi connectivity index (χ4n) is 4.17. The molecule has 0 spiro atoms. The molecule has 12 heteroatoms. The van der Waals surface area contributed by atoms with E-state index in [9.17, 15) is 9.59 Å². The first-order valence-electron chi connectivity index (χ1n) is 11.4. The van der Waals surface area contributed by atoms with Gasteiger partial charge in [-0.05, 0) is 37.0 Å². The number of amides is 1. The standard InChI is InChI=1S/C24H23N9O3/c1-3-16-12-25-24(31-28-16)27-18-7-10-33(13-18)21-19-6-5-17(26-23(35)15(2)36-14-34)11-20(19)22(30-29-21)32-8-4-9-32/h1,5-6,11-12,14,18H,2,4,7-10,13H2,(H,26,35)(H,25,27,31). The van der Waals surface area contributed by atoms with Gasteiger partial charge in [0.1, 0.15) is 0 Å². The normalized spacial score (nSPS) is 16.7. The molecule has 1 aromatic carbocycles. The van der Waals surface area contributed by atoms with Crippen LogP contribution in [0.25, 0.3) is 10.8 Å². The van der Waals surface area contributed by atoms with Crippen LogP contribution in [0.2, 0.25) is 0 Å². The van der Waals surface area contributed by atoms with Crippen molar-refractivity contribution in [2.24, 2.45) is 0 Å². The summed E-state index contributed by atoms with van der Waals surface area (Å²) in [5, 5.41) is 24.9. The minimum atomic E-state index is -0.602. The molecule has 182 valence electrons. The number of rotatable bonds is 8. The second kappa shape index (κ2) is 9.83. The predicted molar refractivity (Wildman–Crippen MR) is 133 cm³/mol. The van der Waals surface area contributed by atoms with E-state index in [0.717, 1.165) is 54.9 Å². The quantitative estimate of drug-likeness (QED) is 0.207. The lowest BCUT2D eigenvalue weighted by Crippen LogP contribution is -2.38. The van der Waals surface area contributed by atoms with Crippen molar-refractivity contribution in [1.82, 2.24) is 25.4 Å². The number of benzene rings is 1. The molecule has 2 aromatic heterocycles. The number of hydrogen-bond acceptors (Lipinski definition) is 11. The Morgan fingerprint density at radius 2 is 1.94 bits per heavy atom. The topological polar surface area (TPSA) is 138 Å². The molecule has 0 bridgehead atoms. The van der Waals surface area contributed by atoms with E-state index in [1.807, 2.05) is 12.1 Å². The number of terminal acetylenes is 1. The van der Waals surface area contributed by atoms with Crippen molar-refractivity contribution in [3.63, 3.8) is 0 Å². The zero-order valence-corrected chi connectivity index (χ0v) is 19.3. The lowest BCUT2D eigenvalue weighted by Gasteiger charge is -2.33. The van der Waals surface area contributed by atoms with E-state index in [1.54, 1.807) is 6.07 Å². The van der Waals surface area contributed by atoms with Crippen LogP contribution < -0.4 is 20.4 Å². The molecule has 12 nitrogen and oxygen atoms in total. The maximum absolute atomic E-state index is 12.3. The Hall–Kier alpha value is -4.79. The SMILES string of the molecule is C#Cc1cnc(NC2CCN(c3nnc(N4CCC4)c4cc(NC(=O)C(=C)OC=O)ccc34)C2)nn1. The zero-order valence-electron chi connectivity index (χ0n) is 19.3. The Balaban J connectivity index is 1.39. The van der Waals surface area contributed by atoms with Crippen LogP contribution in [0.4, 0.5) is 23.3 Å². The van der Waals surface area contributed by atoms with Crippen LogP contribution in [0.1, 0.15) is 18.5 Å². The molecule has 0 aliphatic carbocycles. The Morgan fingerprint density at radius 3 is 2.61 bits per heavy atom. The maximum Gasteiger partial charge on any atom is 0.298 e. The predicted octanol–water partition coefficient (Wildman–Crippen LogP) is 1.32. The molecule has 1 amide bonds. The van der Waals surface area contributed by atoms with Crippen LogP contribution >= 0.6 is 0 Å². The molecule has 2 fully saturated rings. The molecular weight excluding hydrogens is 462 g/mol. The first-order chi connectivity index (χ1) is 17.6. The lowest BCUT2D eigenvalue weighted by molar-refractivity contribution is -0.129. The van der Waals surface area contributed by atoms with Crippen molar-refractivity contribution in [1.29, 1.82) is 0 Å². The van der Waals surface area contributed by atoms with Gasteiger partial charge in [-0.1, -0.05) is 6.58 Å². The summed E-state index contributed by atoms with van der Waals surface area (Å²) in [6, 6.07) is 5.63. The molecule has 36 heavy (non-hydrogen) atoms. The molecule has 0 radical (unpaired) electrons. The Bertz CT molecular complexity index is 1370. The van der Waals surface area contributed by atoms with Crippen LogP contribution in [0.15, 0.2) is 36.7 Å². The van der Waals surface area contributed by atoms with Gasteiger partial charge in [-0.3, -0.25) is 9.59 Å². The summed E-state index contributed by atoms with van der Waals surface area (Å²) in [5.41, 5.74) is 0.915. The molecule has 2 aliphatic heterocycles. The van der Waals surface area contributed by atoms with Crippen LogP contribution in [0, 0.1) is 12.3 Å². The number of anilines is 4. The highest BCUT2D eigenvalue weighted by atomic mass is 16.5. The molecule has 4 heterocycles. The first-order valence-corrected chi connectivity index (χ1v) is 11.4. The van der Waals surface area contributed by atoms with E-state index >= 15 is 0 Å². The molecule has 0 saturated carbocycles. The number of carbonyl (C=O) groups is 2. The summed E-state index contributed by atoms with van der Waals surface area (Å²) >= 11 is 0. The van der Waals surface area contributed by atoms with E-state index in [1.165, 1.54) is 6.20 Å². The smallest absolute Gasteiger partial charge is 0.298 e. The van der Waals surface area contributed by atoms with Crippen LogP contribution in [-0.2, 0) is 14.3 Å². The molecule has 2 aliphatic rings. The summed E-state index contributed by atoms with van der Waals surface area (Å²) in [6.07, 6.45) is 8.76. The molecule has 2 saturated heterocycles. The summed E-state index contributed by atoms with van der Waals surface area (Å²) in [5.74, 6) is 3.46. The van der Waals surface area contributed by atoms with Crippen molar-refractivity contribution in [2.75, 3.05) is 46.6 Å². The first kappa shape index (κ1) is 23.0. The molecule has 1 atom stereocenters. The second-order valence-electron chi connectivity index (χ2n) is 8.43. The second-order valence-corrected chi connectivity index (χ2v) is 8.43. The van der Waals surface area contributed by atoms with Gasteiger partial charge in [-0.2, -0.15) is 0 Å². The van der Waals surface area contributed by atoms with Crippen LogP contribution in [0.3, 0.4) is 0 Å². The Kier molecular flexibility index (Phi) is 6.27. The van der Waals surface area contributed by atoms with E-state index < -0.39 is 5.91 Å². The van der Waals surface area contributed by atoms with Gasteiger partial charge in [0.2, 0.25) is 5.95 Å². The zero-order chi connectivity index (χ0) is 25.1. The fourth-order valence-corrected chi connectivity index (χ4v) is 4.17. The molecular formula is C24H23N9O3. The van der Waals surface area contributed by atoms with E-state index in [0.29, 0.717) is 23.9 Å². The molecule has 2 N–H and O–H groups in total. The number of nitrogens with zero attached hydrogens (tertiary/aromatic N) is 7. The van der Waals surface area contributed by atoms with Gasteiger partial charge in [0, 0.05) is 48.7 Å². The van der Waals surface area contributed by atoms with Gasteiger partial charge >= 0.3 is 0 Å². The van der Waals surface area contributed by atoms with Gasteiger partial charge in [-0.25, -0.2) is 4.98 Å². The number of fused-ring (bicyclic) bond motifs is 1. The van der Waals surface area contributed by atoms with Crippen molar-refractivity contribution < 1.29 is 14.3 Å². The molecule has 5 rings (SSSR count). The summed E-state index contributed by atoms with van der Waals surface area (Å²) < 4.78 is 4.55. The minimum Gasteiger partial charge on any atom is -0.423 e. The third kappa shape index (κ3) is 4.58.